The Kier molecular flexibility index (Phi) is 4.73. The molecule has 1 fully saturated rings. The van der Waals surface area contributed by atoms with Crippen molar-refractivity contribution in [1.82, 2.24) is 9.80 Å². The van der Waals surface area contributed by atoms with Gasteiger partial charge in [-0.2, -0.15) is 0 Å². The van der Waals surface area contributed by atoms with Crippen molar-refractivity contribution in [3.63, 3.8) is 0 Å². The summed E-state index contributed by atoms with van der Waals surface area (Å²) in [6.45, 7) is 1.75. The van der Waals surface area contributed by atoms with Gasteiger partial charge in [0.15, 0.2) is 0 Å². The molecule has 1 saturated heterocycles. The van der Waals surface area contributed by atoms with Crippen LogP contribution in [0.4, 0.5) is 0 Å². The highest BCUT2D eigenvalue weighted by Crippen LogP contribution is 2.24. The van der Waals surface area contributed by atoms with E-state index in [0.29, 0.717) is 0 Å². The molecule has 1 aliphatic rings. The highest BCUT2D eigenvalue weighted by Gasteiger charge is 2.31. The molecule has 3 nitrogen and oxygen atoms in total. The van der Waals surface area contributed by atoms with Crippen LogP contribution in [-0.4, -0.2) is 42.9 Å². The molecule has 1 atom stereocenters. The predicted octanol–water partition coefficient (Wildman–Crippen LogP) is 1.75. The summed E-state index contributed by atoms with van der Waals surface area (Å²) in [5.41, 5.74) is 1.08. The maximum Gasteiger partial charge on any atom is 0.244 e. The molecule has 1 aromatic carbocycles. The fourth-order valence-electron chi connectivity index (χ4n) is 1.98. The number of likely N-dealkylation sites (N-methyl/N-ethyl adjacent to an activating group) is 2. The largest absolute Gasteiger partial charge is 0.343 e. The summed E-state index contributed by atoms with van der Waals surface area (Å²) in [5.74, 6) is 0.190. The summed E-state index contributed by atoms with van der Waals surface area (Å²) in [6.07, 6.45) is 0. The normalized spacial score (nSPS) is 21.8. The first-order chi connectivity index (χ1) is 7.20. The van der Waals surface area contributed by atoms with Crippen molar-refractivity contribution < 1.29 is 4.79 Å². The van der Waals surface area contributed by atoms with Gasteiger partial charge in [0.1, 0.15) is 6.04 Å². The van der Waals surface area contributed by atoms with Crippen LogP contribution >= 0.6 is 24.0 Å². The van der Waals surface area contributed by atoms with Gasteiger partial charge in [0, 0.05) is 20.1 Å². The number of benzene rings is 1. The molecule has 1 heterocycles. The number of piperazine rings is 1. The molecular formula is C12H17IN2O. The first-order valence-corrected chi connectivity index (χ1v) is 5.20. The number of halogens is 1. The summed E-state index contributed by atoms with van der Waals surface area (Å²) in [7, 11) is 3.87. The van der Waals surface area contributed by atoms with E-state index in [0.717, 1.165) is 18.7 Å². The first kappa shape index (κ1) is 13.4. The maximum absolute atomic E-state index is 12.0. The summed E-state index contributed by atoms with van der Waals surface area (Å²) >= 11 is 0. The summed E-state index contributed by atoms with van der Waals surface area (Å²) in [5, 5.41) is 0. The number of hydrogen-bond donors (Lipinski definition) is 0. The summed E-state index contributed by atoms with van der Waals surface area (Å²) in [6, 6.07) is 9.84. The molecule has 0 radical (unpaired) electrons. The van der Waals surface area contributed by atoms with Gasteiger partial charge >= 0.3 is 0 Å². The Morgan fingerprint density at radius 1 is 1.12 bits per heavy atom. The van der Waals surface area contributed by atoms with Crippen molar-refractivity contribution in [2.75, 3.05) is 27.2 Å². The lowest BCUT2D eigenvalue weighted by Gasteiger charge is -2.36. The minimum absolute atomic E-state index is 0. The highest BCUT2D eigenvalue weighted by atomic mass is 127. The van der Waals surface area contributed by atoms with E-state index < -0.39 is 0 Å². The maximum atomic E-state index is 12.0. The van der Waals surface area contributed by atoms with Crippen LogP contribution in [0, 0.1) is 0 Å². The number of hydrogen-bond acceptors (Lipinski definition) is 2. The van der Waals surface area contributed by atoms with Gasteiger partial charge in [-0.25, -0.2) is 0 Å². The van der Waals surface area contributed by atoms with E-state index in [-0.39, 0.29) is 35.9 Å². The van der Waals surface area contributed by atoms with Gasteiger partial charge in [0.2, 0.25) is 5.91 Å². The Bertz CT molecular complexity index is 355. The van der Waals surface area contributed by atoms with Crippen LogP contribution in [0.25, 0.3) is 0 Å². The number of nitrogens with zero attached hydrogens (tertiary/aromatic N) is 2. The van der Waals surface area contributed by atoms with Gasteiger partial charge in [0.05, 0.1) is 0 Å². The fraction of sp³-hybridized carbons (Fsp3) is 0.417. The molecule has 4 heteroatoms. The lowest BCUT2D eigenvalue weighted by molar-refractivity contribution is -0.139. The monoisotopic (exact) mass is 332 g/mol. The number of rotatable bonds is 1. The van der Waals surface area contributed by atoms with Crippen molar-refractivity contribution in [1.29, 1.82) is 0 Å². The second-order valence-electron chi connectivity index (χ2n) is 4.05. The van der Waals surface area contributed by atoms with E-state index in [9.17, 15) is 4.79 Å². The van der Waals surface area contributed by atoms with Crippen LogP contribution in [0.5, 0.6) is 0 Å². The Morgan fingerprint density at radius 2 is 1.75 bits per heavy atom. The van der Waals surface area contributed by atoms with Gasteiger partial charge in [-0.3, -0.25) is 9.69 Å². The second-order valence-corrected chi connectivity index (χ2v) is 4.05. The molecule has 88 valence electrons. The van der Waals surface area contributed by atoms with Crippen LogP contribution in [0.15, 0.2) is 30.3 Å². The molecular weight excluding hydrogens is 315 g/mol. The molecule has 1 amide bonds. The van der Waals surface area contributed by atoms with Gasteiger partial charge in [-0.05, 0) is 12.6 Å². The van der Waals surface area contributed by atoms with E-state index in [4.69, 9.17) is 0 Å². The van der Waals surface area contributed by atoms with Gasteiger partial charge in [0.25, 0.3) is 0 Å². The molecule has 0 spiro atoms. The van der Waals surface area contributed by atoms with Gasteiger partial charge in [-0.15, -0.1) is 24.0 Å². The summed E-state index contributed by atoms with van der Waals surface area (Å²) < 4.78 is 0. The molecule has 1 aliphatic heterocycles. The van der Waals surface area contributed by atoms with Gasteiger partial charge in [-0.1, -0.05) is 30.3 Å². The van der Waals surface area contributed by atoms with E-state index in [1.165, 1.54) is 0 Å². The Morgan fingerprint density at radius 3 is 2.38 bits per heavy atom. The van der Waals surface area contributed by atoms with Crippen LogP contribution in [-0.2, 0) is 4.79 Å². The fourth-order valence-corrected chi connectivity index (χ4v) is 1.98. The van der Waals surface area contributed by atoms with Crippen LogP contribution in [0.3, 0.4) is 0 Å². The zero-order valence-electron chi connectivity index (χ0n) is 9.59. The third kappa shape index (κ3) is 2.55. The van der Waals surface area contributed by atoms with Crippen molar-refractivity contribution >= 4 is 29.9 Å². The van der Waals surface area contributed by atoms with Crippen molar-refractivity contribution in [2.45, 2.75) is 6.04 Å². The third-order valence-corrected chi connectivity index (χ3v) is 2.95. The van der Waals surface area contributed by atoms with E-state index in [2.05, 4.69) is 4.90 Å². The lowest BCUT2D eigenvalue weighted by atomic mass is 10.0. The Balaban J connectivity index is 0.00000128. The highest BCUT2D eigenvalue weighted by molar-refractivity contribution is 14.0. The van der Waals surface area contributed by atoms with Crippen LogP contribution < -0.4 is 0 Å². The molecule has 0 aliphatic carbocycles. The molecule has 0 bridgehead atoms. The Hall–Kier alpha value is -0.620. The average Bonchev–Trinajstić information content (AvgIpc) is 2.26. The predicted molar refractivity (Wildman–Crippen MR) is 74.9 cm³/mol. The van der Waals surface area contributed by atoms with Crippen molar-refractivity contribution in [3.05, 3.63) is 35.9 Å². The smallest absolute Gasteiger partial charge is 0.244 e. The minimum Gasteiger partial charge on any atom is -0.343 e. The standard InChI is InChI=1S/C12H16N2O.HI/c1-13-8-9-14(2)12(15)11(13)10-6-4-3-5-7-10;/h3-7,11H,8-9H2,1-2H3;1H. The number of amides is 1. The van der Waals surface area contributed by atoms with E-state index >= 15 is 0 Å². The molecule has 16 heavy (non-hydrogen) atoms. The third-order valence-electron chi connectivity index (χ3n) is 2.95. The molecule has 1 unspecified atom stereocenters. The molecule has 0 saturated carbocycles. The van der Waals surface area contributed by atoms with Crippen LogP contribution in [0.2, 0.25) is 0 Å². The summed E-state index contributed by atoms with van der Waals surface area (Å²) in [4.78, 5) is 15.9. The Labute approximate surface area is 113 Å². The molecule has 0 N–H and O–H groups in total. The average molecular weight is 332 g/mol. The molecule has 0 aromatic heterocycles. The second kappa shape index (κ2) is 5.63. The zero-order chi connectivity index (χ0) is 10.8. The number of carbonyl (C=O) groups is 1. The number of carbonyl (C=O) groups excluding carboxylic acids is 1. The lowest BCUT2D eigenvalue weighted by Crippen LogP contribution is -2.48. The van der Waals surface area contributed by atoms with Gasteiger partial charge < -0.3 is 4.90 Å². The molecule has 2 rings (SSSR count). The van der Waals surface area contributed by atoms with Crippen LogP contribution in [0.1, 0.15) is 11.6 Å². The van der Waals surface area contributed by atoms with Crippen molar-refractivity contribution in [3.8, 4) is 0 Å². The van der Waals surface area contributed by atoms with Crippen molar-refractivity contribution in [2.24, 2.45) is 0 Å². The zero-order valence-corrected chi connectivity index (χ0v) is 11.9. The quantitative estimate of drug-likeness (QED) is 0.732. The van der Waals surface area contributed by atoms with E-state index in [1.54, 1.807) is 4.90 Å². The van der Waals surface area contributed by atoms with E-state index in [1.807, 2.05) is 44.4 Å². The first-order valence-electron chi connectivity index (χ1n) is 5.20. The molecule has 1 aromatic rings. The minimum atomic E-state index is -0.107. The topological polar surface area (TPSA) is 23.6 Å². The SMILES string of the molecule is CN1CCN(C)C(c2ccccc2)C1=O.I.